The van der Waals surface area contributed by atoms with E-state index >= 15 is 0 Å². The number of alkyl halides is 2. The van der Waals surface area contributed by atoms with Crippen molar-refractivity contribution in [3.05, 3.63) is 27.7 Å². The van der Waals surface area contributed by atoms with Crippen LogP contribution in [0, 0.1) is 37.5 Å². The average molecular weight is 635 g/mol. The molecule has 3 fully saturated rings. The lowest BCUT2D eigenvalue weighted by molar-refractivity contribution is -0.149. The molecule has 1 aromatic carbocycles. The molecule has 0 aromatic heterocycles. The van der Waals surface area contributed by atoms with Gasteiger partial charge in [-0.15, -0.1) is 0 Å². The van der Waals surface area contributed by atoms with Gasteiger partial charge in [-0.05, 0) is 55.4 Å². The number of carbonyl (C=O) groups is 4. The van der Waals surface area contributed by atoms with Gasteiger partial charge in [-0.1, -0.05) is 47.8 Å². The minimum absolute atomic E-state index is 0.0184. The van der Waals surface area contributed by atoms with Gasteiger partial charge in [0.2, 0.25) is 11.8 Å². The lowest BCUT2D eigenvalue weighted by Crippen LogP contribution is -2.37. The molecule has 172 valence electrons. The predicted molar refractivity (Wildman–Crippen MR) is 129 cm³/mol. The number of hydrogen-bond donors (Lipinski definition) is 1. The standard InChI is InChI=1S/C22H23Br3N2O5/c1-9-6-14(10(2)5-13(9)23)26-15(28)8-32-16(29)3-4-27-21(30)17-11-7-12(18(17)22(27)31)20(25)19(11)24/h5-6,11-12,17-20H,3-4,7-8H2,1-2H3,(H,26,28)/t11-,12-,17-,18-,19-,20+/m1/s1. The SMILES string of the molecule is Cc1cc(NC(=O)COC(=O)CCN2C(=O)[C@@H]3[C@H]4C[C@@H]([C@@H](Br)[C@H]4Br)[C@H]3C2=O)c(C)cc1Br. The molecule has 4 rings (SSSR count). The van der Waals surface area contributed by atoms with Gasteiger partial charge in [0.15, 0.2) is 6.61 Å². The number of benzene rings is 1. The lowest BCUT2D eigenvalue weighted by atomic mass is 9.81. The van der Waals surface area contributed by atoms with Crippen molar-refractivity contribution in [3.8, 4) is 0 Å². The fourth-order valence-corrected chi connectivity index (χ4v) is 7.49. The highest BCUT2D eigenvalue weighted by Gasteiger charge is 2.66. The van der Waals surface area contributed by atoms with Crippen molar-refractivity contribution in [2.24, 2.45) is 23.7 Å². The number of carbonyl (C=O) groups excluding carboxylic acids is 4. The molecule has 3 aliphatic rings. The van der Waals surface area contributed by atoms with Crippen LogP contribution in [0.5, 0.6) is 0 Å². The molecule has 0 spiro atoms. The Morgan fingerprint density at radius 2 is 1.66 bits per heavy atom. The molecule has 2 saturated carbocycles. The summed E-state index contributed by atoms with van der Waals surface area (Å²) in [4.78, 5) is 51.6. The lowest BCUT2D eigenvalue weighted by Gasteiger charge is -2.28. The summed E-state index contributed by atoms with van der Waals surface area (Å²) in [7, 11) is 0. The average Bonchev–Trinajstić information content (AvgIpc) is 3.34. The number of rotatable bonds is 6. The fourth-order valence-electron chi connectivity index (χ4n) is 5.15. The number of ether oxygens (including phenoxy) is 1. The normalized spacial score (nSPS) is 30.6. The Labute approximate surface area is 211 Å². The van der Waals surface area contributed by atoms with Crippen LogP contribution in [0.25, 0.3) is 0 Å². The third kappa shape index (κ3) is 4.18. The zero-order valence-electron chi connectivity index (χ0n) is 17.6. The van der Waals surface area contributed by atoms with Crippen molar-refractivity contribution in [1.82, 2.24) is 4.90 Å². The predicted octanol–water partition coefficient (Wildman–Crippen LogP) is 3.72. The fraction of sp³-hybridized carbons (Fsp3) is 0.545. The molecule has 2 bridgehead atoms. The van der Waals surface area contributed by atoms with E-state index in [1.165, 1.54) is 4.90 Å². The molecule has 1 heterocycles. The monoisotopic (exact) mass is 632 g/mol. The number of anilines is 1. The summed E-state index contributed by atoms with van der Waals surface area (Å²) in [5.41, 5.74) is 2.50. The second kappa shape index (κ2) is 9.18. The quantitative estimate of drug-likeness (QED) is 0.293. The maximum Gasteiger partial charge on any atom is 0.308 e. The number of amides is 3. The number of imide groups is 1. The minimum atomic E-state index is -0.624. The molecule has 1 saturated heterocycles. The van der Waals surface area contributed by atoms with Crippen LogP contribution >= 0.6 is 47.8 Å². The summed E-state index contributed by atoms with van der Waals surface area (Å²) < 4.78 is 6.00. The largest absolute Gasteiger partial charge is 0.456 e. The van der Waals surface area contributed by atoms with E-state index in [2.05, 4.69) is 53.1 Å². The highest BCUT2D eigenvalue weighted by Crippen LogP contribution is 2.60. The van der Waals surface area contributed by atoms with E-state index in [1.54, 1.807) is 0 Å². The Bertz CT molecular complexity index is 968. The van der Waals surface area contributed by atoms with Gasteiger partial charge in [-0.2, -0.15) is 0 Å². The van der Waals surface area contributed by atoms with Gasteiger partial charge >= 0.3 is 5.97 Å². The Hall–Kier alpha value is -1.26. The number of aryl methyl sites for hydroxylation is 2. The van der Waals surface area contributed by atoms with Crippen molar-refractivity contribution in [1.29, 1.82) is 0 Å². The summed E-state index contributed by atoms with van der Waals surface area (Å²) >= 11 is 10.7. The van der Waals surface area contributed by atoms with E-state index in [1.807, 2.05) is 26.0 Å². The summed E-state index contributed by atoms with van der Waals surface area (Å²) in [6, 6.07) is 3.74. The van der Waals surface area contributed by atoms with Gasteiger partial charge in [-0.25, -0.2) is 0 Å². The van der Waals surface area contributed by atoms with Crippen molar-refractivity contribution >= 4 is 77.2 Å². The number of hydrogen-bond acceptors (Lipinski definition) is 5. The first-order valence-corrected chi connectivity index (χ1v) is 13.1. The number of esters is 1. The molecule has 1 aliphatic heterocycles. The van der Waals surface area contributed by atoms with Gasteiger partial charge in [0, 0.05) is 26.4 Å². The summed E-state index contributed by atoms with van der Waals surface area (Å²) in [6.45, 7) is 3.33. The Morgan fingerprint density at radius 1 is 1.06 bits per heavy atom. The zero-order chi connectivity index (χ0) is 23.3. The van der Waals surface area contributed by atoms with E-state index in [9.17, 15) is 19.2 Å². The third-order valence-corrected chi connectivity index (χ3v) is 10.8. The number of likely N-dealkylation sites (tertiary alicyclic amines) is 1. The van der Waals surface area contributed by atoms with Crippen molar-refractivity contribution in [2.75, 3.05) is 18.5 Å². The molecular formula is C22H23Br3N2O5. The van der Waals surface area contributed by atoms with Crippen LogP contribution in [-0.2, 0) is 23.9 Å². The molecule has 10 heteroatoms. The second-order valence-electron chi connectivity index (χ2n) is 8.71. The Kier molecular flexibility index (Phi) is 6.85. The molecule has 1 aromatic rings. The van der Waals surface area contributed by atoms with Crippen molar-refractivity contribution < 1.29 is 23.9 Å². The first kappa shape index (κ1) is 23.9. The van der Waals surface area contributed by atoms with Crippen LogP contribution in [0.1, 0.15) is 24.0 Å². The highest BCUT2D eigenvalue weighted by atomic mass is 79.9. The molecule has 32 heavy (non-hydrogen) atoms. The van der Waals surface area contributed by atoms with Crippen molar-refractivity contribution in [2.45, 2.75) is 36.3 Å². The first-order valence-electron chi connectivity index (χ1n) is 10.5. The maximum absolute atomic E-state index is 12.9. The molecule has 2 aliphatic carbocycles. The maximum atomic E-state index is 12.9. The van der Waals surface area contributed by atoms with Gasteiger partial charge in [0.05, 0.1) is 18.3 Å². The van der Waals surface area contributed by atoms with Gasteiger partial charge in [0.1, 0.15) is 0 Å². The van der Waals surface area contributed by atoms with Gasteiger partial charge in [-0.3, -0.25) is 24.1 Å². The third-order valence-electron chi connectivity index (χ3n) is 6.76. The number of fused-ring (bicyclic) bond motifs is 5. The summed E-state index contributed by atoms with van der Waals surface area (Å²) in [5.74, 6) is -1.79. The number of nitrogens with one attached hydrogen (secondary N) is 1. The second-order valence-corrected chi connectivity index (χ2v) is 11.7. The van der Waals surface area contributed by atoms with Crippen LogP contribution in [0.15, 0.2) is 16.6 Å². The van der Waals surface area contributed by atoms with E-state index in [-0.39, 0.29) is 58.1 Å². The molecule has 0 unspecified atom stereocenters. The molecule has 3 amide bonds. The minimum Gasteiger partial charge on any atom is -0.456 e. The van der Waals surface area contributed by atoms with Crippen LogP contribution in [-0.4, -0.2) is 51.4 Å². The van der Waals surface area contributed by atoms with E-state index in [4.69, 9.17) is 4.74 Å². The number of nitrogens with zero attached hydrogens (tertiary/aromatic N) is 1. The van der Waals surface area contributed by atoms with Crippen LogP contribution in [0.3, 0.4) is 0 Å². The molecular weight excluding hydrogens is 612 g/mol. The topological polar surface area (TPSA) is 92.8 Å². The zero-order valence-corrected chi connectivity index (χ0v) is 22.3. The van der Waals surface area contributed by atoms with E-state index in [0.717, 1.165) is 22.0 Å². The van der Waals surface area contributed by atoms with Crippen molar-refractivity contribution in [3.63, 3.8) is 0 Å². The smallest absolute Gasteiger partial charge is 0.308 e. The van der Waals surface area contributed by atoms with E-state index in [0.29, 0.717) is 5.69 Å². The number of halogens is 3. The van der Waals surface area contributed by atoms with Crippen LogP contribution < -0.4 is 5.32 Å². The summed E-state index contributed by atoms with van der Waals surface area (Å²) in [6.07, 6.45) is 0.729. The van der Waals surface area contributed by atoms with E-state index < -0.39 is 18.5 Å². The Morgan fingerprint density at radius 3 is 2.25 bits per heavy atom. The molecule has 6 atom stereocenters. The van der Waals surface area contributed by atoms with Gasteiger partial charge < -0.3 is 10.1 Å². The Balaban J connectivity index is 1.27. The molecule has 0 radical (unpaired) electrons. The highest BCUT2D eigenvalue weighted by molar-refractivity contribution is 9.12. The van der Waals surface area contributed by atoms with Crippen LogP contribution in [0.4, 0.5) is 5.69 Å². The molecule has 1 N–H and O–H groups in total. The van der Waals surface area contributed by atoms with Crippen LogP contribution in [0.2, 0.25) is 0 Å². The van der Waals surface area contributed by atoms with Gasteiger partial charge in [0.25, 0.3) is 5.91 Å². The first-order chi connectivity index (χ1) is 15.1. The molecule has 7 nitrogen and oxygen atoms in total. The summed E-state index contributed by atoms with van der Waals surface area (Å²) in [5, 5.41) is 2.73.